The number of phosphoric acid groups is 2. The molecule has 0 aliphatic carbocycles. The molecule has 100 heavy (non-hydrogen) atoms. The lowest BCUT2D eigenvalue weighted by molar-refractivity contribution is -0.161. The number of carbonyl (C=O) groups is 4. The van der Waals surface area contributed by atoms with Crippen molar-refractivity contribution in [1.29, 1.82) is 0 Å². The van der Waals surface area contributed by atoms with Gasteiger partial charge in [0.25, 0.3) is 0 Å². The zero-order valence-electron chi connectivity index (χ0n) is 62.8. The first-order valence-electron chi connectivity index (χ1n) is 39.1. The summed E-state index contributed by atoms with van der Waals surface area (Å²) in [5, 5.41) is 10.6. The van der Waals surface area contributed by atoms with Crippen molar-refractivity contribution < 1.29 is 80.2 Å². The van der Waals surface area contributed by atoms with Crippen LogP contribution in [0.3, 0.4) is 0 Å². The summed E-state index contributed by atoms with van der Waals surface area (Å²) in [4.78, 5) is 72.9. The van der Waals surface area contributed by atoms with Gasteiger partial charge in [0.05, 0.1) is 26.4 Å². The lowest BCUT2D eigenvalue weighted by atomic mass is 10.1. The van der Waals surface area contributed by atoms with E-state index in [2.05, 4.69) is 125 Å². The third-order valence-corrected chi connectivity index (χ3v) is 18.1. The van der Waals surface area contributed by atoms with Crippen LogP contribution in [-0.2, 0) is 65.4 Å². The number of ether oxygens (including phenoxy) is 4. The number of phosphoric ester groups is 2. The molecule has 0 spiro atoms. The molecule has 0 aromatic carbocycles. The molecule has 19 heteroatoms. The van der Waals surface area contributed by atoms with Crippen LogP contribution < -0.4 is 0 Å². The van der Waals surface area contributed by atoms with Gasteiger partial charge >= 0.3 is 39.5 Å². The maximum absolute atomic E-state index is 13.1. The van der Waals surface area contributed by atoms with Crippen molar-refractivity contribution in [2.24, 2.45) is 0 Å². The van der Waals surface area contributed by atoms with Crippen LogP contribution in [0.2, 0.25) is 0 Å². The fourth-order valence-corrected chi connectivity index (χ4v) is 11.9. The molecular weight excluding hydrogens is 1310 g/mol. The molecule has 576 valence electrons. The van der Waals surface area contributed by atoms with Gasteiger partial charge in [-0.25, -0.2) is 9.13 Å². The van der Waals surface area contributed by atoms with Gasteiger partial charge in [0.2, 0.25) is 0 Å². The average molecular weight is 1450 g/mol. The summed E-state index contributed by atoms with van der Waals surface area (Å²) in [6.45, 7) is 4.58. The molecular formula is C81H140O17P2. The lowest BCUT2D eigenvalue weighted by Crippen LogP contribution is -2.30. The van der Waals surface area contributed by atoms with Crippen molar-refractivity contribution in [3.8, 4) is 0 Å². The van der Waals surface area contributed by atoms with E-state index in [4.69, 9.17) is 37.0 Å². The zero-order chi connectivity index (χ0) is 73.2. The van der Waals surface area contributed by atoms with E-state index in [0.29, 0.717) is 32.1 Å². The molecule has 0 heterocycles. The minimum Gasteiger partial charge on any atom is -0.462 e. The summed E-state index contributed by atoms with van der Waals surface area (Å²) in [6, 6.07) is 0. The van der Waals surface area contributed by atoms with Gasteiger partial charge in [0.15, 0.2) is 12.2 Å². The lowest BCUT2D eigenvalue weighted by Gasteiger charge is -2.21. The van der Waals surface area contributed by atoms with Crippen LogP contribution in [0.15, 0.2) is 109 Å². The summed E-state index contributed by atoms with van der Waals surface area (Å²) in [6.07, 6.45) is 78.0. The summed E-state index contributed by atoms with van der Waals surface area (Å²) in [7, 11) is -9.97. The highest BCUT2D eigenvalue weighted by molar-refractivity contribution is 7.47. The van der Waals surface area contributed by atoms with Crippen LogP contribution in [0.1, 0.15) is 323 Å². The highest BCUT2D eigenvalue weighted by atomic mass is 31.2. The Morgan fingerprint density at radius 3 is 0.850 bits per heavy atom. The van der Waals surface area contributed by atoms with E-state index in [1.54, 1.807) is 0 Å². The Balaban J connectivity index is 5.37. The van der Waals surface area contributed by atoms with Gasteiger partial charge in [0, 0.05) is 25.7 Å². The van der Waals surface area contributed by atoms with Crippen molar-refractivity contribution in [3.05, 3.63) is 109 Å². The molecule has 5 atom stereocenters. The SMILES string of the molecule is CC/C=C\C/C=C\C/C=C\C/C=C\C/C=C\CCCC(=O)OCC(COP(=O)(O)OCC(O)COP(=O)(O)OCC(COC(=O)CCCCCCCCC/C=C\C/C=C\C/C=C\CC)OC(=O)CCCCCCC/C=C\CCCCCCCC)OC(=O)CCCCCCCCCCCCC. The number of aliphatic hydroxyl groups excluding tert-OH is 1. The van der Waals surface area contributed by atoms with Gasteiger partial charge < -0.3 is 33.8 Å². The van der Waals surface area contributed by atoms with Gasteiger partial charge in [-0.05, 0) is 122 Å². The van der Waals surface area contributed by atoms with Crippen molar-refractivity contribution in [2.45, 2.75) is 341 Å². The van der Waals surface area contributed by atoms with Gasteiger partial charge in [-0.15, -0.1) is 0 Å². The second-order valence-electron chi connectivity index (χ2n) is 25.9. The number of rotatable bonds is 73. The smallest absolute Gasteiger partial charge is 0.462 e. The van der Waals surface area contributed by atoms with Crippen LogP contribution in [0.25, 0.3) is 0 Å². The van der Waals surface area contributed by atoms with Gasteiger partial charge in [-0.1, -0.05) is 285 Å². The Bertz CT molecular complexity index is 2320. The first kappa shape index (κ1) is 95.7. The van der Waals surface area contributed by atoms with Crippen molar-refractivity contribution in [1.82, 2.24) is 0 Å². The van der Waals surface area contributed by atoms with Crippen molar-refractivity contribution in [3.63, 3.8) is 0 Å². The fourth-order valence-electron chi connectivity index (χ4n) is 10.3. The van der Waals surface area contributed by atoms with Crippen molar-refractivity contribution >= 4 is 39.5 Å². The number of aliphatic hydroxyl groups is 1. The summed E-state index contributed by atoms with van der Waals surface area (Å²) < 4.78 is 68.5. The molecule has 0 bridgehead atoms. The monoisotopic (exact) mass is 1450 g/mol. The zero-order valence-corrected chi connectivity index (χ0v) is 64.6. The number of esters is 4. The summed E-state index contributed by atoms with van der Waals surface area (Å²) >= 11 is 0. The first-order valence-corrected chi connectivity index (χ1v) is 42.1. The van der Waals surface area contributed by atoms with Crippen LogP contribution >= 0.6 is 15.6 Å². The molecule has 0 radical (unpaired) electrons. The molecule has 0 aliphatic heterocycles. The van der Waals surface area contributed by atoms with E-state index >= 15 is 0 Å². The minimum absolute atomic E-state index is 0.0818. The molecule has 0 amide bonds. The van der Waals surface area contributed by atoms with Crippen LogP contribution in [0.5, 0.6) is 0 Å². The molecule has 0 aromatic rings. The number of unbranched alkanes of at least 4 members (excludes halogenated alkanes) is 29. The largest absolute Gasteiger partial charge is 0.472 e. The average Bonchev–Trinajstić information content (AvgIpc) is 0.989. The molecule has 3 N–H and O–H groups in total. The summed E-state index contributed by atoms with van der Waals surface area (Å²) in [5.74, 6) is -2.25. The summed E-state index contributed by atoms with van der Waals surface area (Å²) in [5.41, 5.74) is 0. The second-order valence-corrected chi connectivity index (χ2v) is 28.8. The Labute approximate surface area is 607 Å². The highest BCUT2D eigenvalue weighted by Crippen LogP contribution is 2.45. The molecule has 0 aromatic heterocycles. The molecule has 5 unspecified atom stereocenters. The number of hydrogen-bond acceptors (Lipinski definition) is 15. The Morgan fingerprint density at radius 1 is 0.290 bits per heavy atom. The standard InChI is InChI=1S/C81H140O17P2/c1-5-9-13-17-21-25-29-32-35-37-40-42-46-49-53-57-61-65-78(83)91-71-76(97-80(85)67-63-59-55-51-45-28-24-20-16-12-8-4)73-95-99(87,88)93-69-75(82)70-94-100(89,90)96-74-77(98-81(86)68-64-60-56-52-48-44-39-34-31-27-23-19-15-11-7-3)72-92-79(84)66-62-58-54-50-47-43-41-38-36-33-30-26-22-18-14-10-6-2/h9-10,13-14,21-22,25-26,32-36,39-40,42,49,53,75-77,82H,5-8,11-12,15-20,23-24,27-31,37-38,41,43-48,50-52,54-74H2,1-4H3,(H,87,88)(H,89,90)/b13-9-,14-10-,25-21-,26-22-,35-32-,36-33-,39-34-,42-40-,53-49-. The van der Waals surface area contributed by atoms with E-state index in [1.165, 1.54) is 77.0 Å². The van der Waals surface area contributed by atoms with Gasteiger partial charge in [0.1, 0.15) is 19.3 Å². The fraction of sp³-hybridized carbons (Fsp3) is 0.728. The van der Waals surface area contributed by atoms with Crippen molar-refractivity contribution in [2.75, 3.05) is 39.6 Å². The first-order chi connectivity index (χ1) is 48.7. The van der Waals surface area contributed by atoms with Crippen LogP contribution in [-0.4, -0.2) is 96.7 Å². The third-order valence-electron chi connectivity index (χ3n) is 16.2. The molecule has 17 nitrogen and oxygen atoms in total. The normalized spacial score (nSPS) is 14.5. The quantitative estimate of drug-likeness (QED) is 0.0169. The maximum atomic E-state index is 13.1. The predicted molar refractivity (Wildman–Crippen MR) is 408 cm³/mol. The number of carbonyl (C=O) groups excluding carboxylic acids is 4. The predicted octanol–water partition coefficient (Wildman–Crippen LogP) is 22.6. The molecule has 0 saturated carbocycles. The van der Waals surface area contributed by atoms with E-state index in [0.717, 1.165) is 161 Å². The maximum Gasteiger partial charge on any atom is 0.472 e. The van der Waals surface area contributed by atoms with E-state index < -0.39 is 97.5 Å². The van der Waals surface area contributed by atoms with E-state index in [-0.39, 0.29) is 25.7 Å². The van der Waals surface area contributed by atoms with E-state index in [1.807, 2.05) is 12.2 Å². The highest BCUT2D eigenvalue weighted by Gasteiger charge is 2.30. The number of hydrogen-bond donors (Lipinski definition) is 3. The van der Waals surface area contributed by atoms with Crippen LogP contribution in [0.4, 0.5) is 0 Å². The Kier molecular flexibility index (Phi) is 69.9. The molecule has 0 aliphatic rings. The molecule has 0 fully saturated rings. The van der Waals surface area contributed by atoms with Crippen LogP contribution in [0, 0.1) is 0 Å². The molecule has 0 rings (SSSR count). The van der Waals surface area contributed by atoms with E-state index in [9.17, 15) is 43.2 Å². The Morgan fingerprint density at radius 2 is 0.530 bits per heavy atom. The van der Waals surface area contributed by atoms with Gasteiger partial charge in [-0.2, -0.15) is 0 Å². The minimum atomic E-state index is -4.98. The second kappa shape index (κ2) is 73.0. The topological polar surface area (TPSA) is 237 Å². The Hall–Kier alpha value is -4.28. The molecule has 0 saturated heterocycles. The number of allylic oxidation sites excluding steroid dienone is 18. The third kappa shape index (κ3) is 72.1. The van der Waals surface area contributed by atoms with Gasteiger partial charge in [-0.3, -0.25) is 37.3 Å².